The molecule has 1 aliphatic heterocycles. The van der Waals surface area contributed by atoms with Gasteiger partial charge in [-0.15, -0.1) is 0 Å². The van der Waals surface area contributed by atoms with Gasteiger partial charge in [-0.1, -0.05) is 0 Å². The first kappa shape index (κ1) is 21.7. The largest absolute Gasteiger partial charge is 0.492 e. The van der Waals surface area contributed by atoms with Crippen LogP contribution in [0.1, 0.15) is 45.1 Å². The summed E-state index contributed by atoms with van der Waals surface area (Å²) in [6.45, 7) is 9.22. The van der Waals surface area contributed by atoms with Crippen LogP contribution < -0.4 is 9.64 Å². The van der Waals surface area contributed by atoms with Gasteiger partial charge in [0.25, 0.3) is 0 Å². The summed E-state index contributed by atoms with van der Waals surface area (Å²) in [6, 6.07) is 9.29. The molecule has 0 radical (unpaired) electrons. The molecule has 1 unspecified atom stereocenters. The van der Waals surface area contributed by atoms with E-state index in [1.807, 2.05) is 25.4 Å². The van der Waals surface area contributed by atoms with Crippen molar-refractivity contribution in [2.45, 2.75) is 45.6 Å². The van der Waals surface area contributed by atoms with Crippen molar-refractivity contribution >= 4 is 11.3 Å². The van der Waals surface area contributed by atoms with Crippen LogP contribution in [0, 0.1) is 17.2 Å². The van der Waals surface area contributed by atoms with Gasteiger partial charge in [0.2, 0.25) is 0 Å². The first-order valence-corrected chi connectivity index (χ1v) is 12.2. The molecule has 1 aliphatic carbocycles. The predicted octanol–water partition coefficient (Wildman–Crippen LogP) is 4.37. The van der Waals surface area contributed by atoms with Crippen molar-refractivity contribution in [2.75, 3.05) is 37.7 Å². The van der Waals surface area contributed by atoms with Crippen LogP contribution in [-0.4, -0.2) is 58.3 Å². The molecule has 1 saturated carbocycles. The van der Waals surface area contributed by atoms with E-state index in [1.165, 1.54) is 38.8 Å². The van der Waals surface area contributed by atoms with E-state index in [0.29, 0.717) is 18.1 Å². The zero-order valence-corrected chi connectivity index (χ0v) is 19.6. The molecule has 172 valence electrons. The second kappa shape index (κ2) is 9.40. The SMILES string of the molecule is CCOc1cc(-c2ccc(N(CC)CC3CCCN(C4CC4)C3)nc2)c2c(C#N)cnn2c1. The Balaban J connectivity index is 1.39. The second-order valence-corrected chi connectivity index (χ2v) is 9.16. The smallest absolute Gasteiger partial charge is 0.138 e. The van der Waals surface area contributed by atoms with Crippen LogP contribution >= 0.6 is 0 Å². The third kappa shape index (κ3) is 4.53. The minimum atomic E-state index is 0.546. The highest BCUT2D eigenvalue weighted by Gasteiger charge is 2.33. The minimum Gasteiger partial charge on any atom is -0.492 e. The van der Waals surface area contributed by atoms with Crippen LogP contribution in [0.15, 0.2) is 36.8 Å². The molecule has 3 aromatic heterocycles. The number of nitrogens with zero attached hydrogens (tertiary/aromatic N) is 6. The van der Waals surface area contributed by atoms with E-state index in [2.05, 4.69) is 40.0 Å². The Kier molecular flexibility index (Phi) is 6.19. The first-order valence-electron chi connectivity index (χ1n) is 12.2. The van der Waals surface area contributed by atoms with E-state index < -0.39 is 0 Å². The number of fused-ring (bicyclic) bond motifs is 1. The number of piperidine rings is 1. The number of aromatic nitrogens is 3. The van der Waals surface area contributed by atoms with Gasteiger partial charge >= 0.3 is 0 Å². The Labute approximate surface area is 195 Å². The molecule has 0 aromatic carbocycles. The van der Waals surface area contributed by atoms with Crippen molar-refractivity contribution in [3.63, 3.8) is 0 Å². The van der Waals surface area contributed by atoms with Crippen LogP contribution in [0.2, 0.25) is 0 Å². The van der Waals surface area contributed by atoms with Gasteiger partial charge in [0, 0.05) is 43.0 Å². The summed E-state index contributed by atoms with van der Waals surface area (Å²) in [6.07, 6.45) is 10.7. The van der Waals surface area contributed by atoms with Crippen LogP contribution in [0.3, 0.4) is 0 Å². The quantitative estimate of drug-likeness (QED) is 0.514. The lowest BCUT2D eigenvalue weighted by molar-refractivity contribution is 0.168. The van der Waals surface area contributed by atoms with Crippen molar-refractivity contribution < 1.29 is 4.74 Å². The maximum atomic E-state index is 9.57. The Morgan fingerprint density at radius 2 is 2.09 bits per heavy atom. The normalized spacial score (nSPS) is 18.9. The first-order chi connectivity index (χ1) is 16.2. The molecule has 0 bridgehead atoms. The topological polar surface area (TPSA) is 69.7 Å². The Morgan fingerprint density at radius 1 is 1.21 bits per heavy atom. The number of nitriles is 1. The molecule has 1 saturated heterocycles. The zero-order valence-electron chi connectivity index (χ0n) is 19.6. The molecule has 2 aliphatic rings. The molecule has 1 atom stereocenters. The highest BCUT2D eigenvalue weighted by atomic mass is 16.5. The van der Waals surface area contributed by atoms with Gasteiger partial charge in [-0.25, -0.2) is 9.50 Å². The van der Waals surface area contributed by atoms with E-state index in [9.17, 15) is 5.26 Å². The maximum Gasteiger partial charge on any atom is 0.138 e. The van der Waals surface area contributed by atoms with E-state index in [-0.39, 0.29) is 0 Å². The predicted molar refractivity (Wildman–Crippen MR) is 130 cm³/mol. The molecule has 33 heavy (non-hydrogen) atoms. The molecule has 0 amide bonds. The lowest BCUT2D eigenvalue weighted by Crippen LogP contribution is -2.42. The van der Waals surface area contributed by atoms with Crippen molar-refractivity contribution in [2.24, 2.45) is 5.92 Å². The standard InChI is InChI=1S/C26H32N6O/c1-3-30(16-19-6-5-11-31(17-19)22-8-9-22)25-10-7-20(14-28-25)24-12-23(33-4-2)18-32-26(24)21(13-27)15-29-32/h7,10,12,14-15,18-19,22H,3-6,8-9,11,16-17H2,1-2H3. The number of rotatable bonds is 8. The third-order valence-electron chi connectivity index (χ3n) is 6.88. The molecule has 4 heterocycles. The monoisotopic (exact) mass is 444 g/mol. The van der Waals surface area contributed by atoms with E-state index in [4.69, 9.17) is 9.72 Å². The summed E-state index contributed by atoms with van der Waals surface area (Å²) in [5.74, 6) is 2.44. The second-order valence-electron chi connectivity index (χ2n) is 9.16. The highest BCUT2D eigenvalue weighted by molar-refractivity contribution is 5.85. The third-order valence-corrected chi connectivity index (χ3v) is 6.88. The number of hydrogen-bond donors (Lipinski definition) is 0. The number of ether oxygens (including phenoxy) is 1. The van der Waals surface area contributed by atoms with Gasteiger partial charge in [0.1, 0.15) is 17.6 Å². The summed E-state index contributed by atoms with van der Waals surface area (Å²) in [7, 11) is 0. The number of likely N-dealkylation sites (tertiary alicyclic amines) is 1. The summed E-state index contributed by atoms with van der Waals surface area (Å²) in [5.41, 5.74) is 3.19. The molecule has 0 spiro atoms. The van der Waals surface area contributed by atoms with Gasteiger partial charge < -0.3 is 14.5 Å². The van der Waals surface area contributed by atoms with E-state index in [0.717, 1.165) is 47.3 Å². The molecule has 5 rings (SSSR count). The van der Waals surface area contributed by atoms with Crippen molar-refractivity contribution in [1.82, 2.24) is 19.5 Å². The summed E-state index contributed by atoms with van der Waals surface area (Å²) in [5, 5.41) is 13.9. The fourth-order valence-electron chi connectivity index (χ4n) is 5.09. The Bertz CT molecular complexity index is 1140. The van der Waals surface area contributed by atoms with Gasteiger partial charge in [-0.3, -0.25) is 0 Å². The van der Waals surface area contributed by atoms with Crippen LogP contribution in [0.5, 0.6) is 5.75 Å². The minimum absolute atomic E-state index is 0.546. The van der Waals surface area contributed by atoms with Gasteiger partial charge in [0.05, 0.1) is 30.1 Å². The van der Waals surface area contributed by atoms with Crippen LogP contribution in [0.4, 0.5) is 5.82 Å². The summed E-state index contributed by atoms with van der Waals surface area (Å²) >= 11 is 0. The van der Waals surface area contributed by atoms with E-state index in [1.54, 1.807) is 10.7 Å². The molecule has 3 aromatic rings. The molecular formula is C26H32N6O. The zero-order chi connectivity index (χ0) is 22.8. The molecule has 0 N–H and O–H groups in total. The lowest BCUT2D eigenvalue weighted by Gasteiger charge is -2.36. The molecule has 7 heteroatoms. The fraction of sp³-hybridized carbons (Fsp3) is 0.500. The average Bonchev–Trinajstić information content (AvgIpc) is 3.62. The van der Waals surface area contributed by atoms with Crippen molar-refractivity contribution in [1.29, 1.82) is 5.26 Å². The Hall–Kier alpha value is -3.11. The van der Waals surface area contributed by atoms with E-state index >= 15 is 0 Å². The fourth-order valence-corrected chi connectivity index (χ4v) is 5.09. The van der Waals surface area contributed by atoms with Crippen molar-refractivity contribution in [3.05, 3.63) is 42.4 Å². The number of anilines is 1. The van der Waals surface area contributed by atoms with Crippen LogP contribution in [0.25, 0.3) is 16.6 Å². The number of hydrogen-bond acceptors (Lipinski definition) is 6. The molecule has 2 fully saturated rings. The molecular weight excluding hydrogens is 412 g/mol. The average molecular weight is 445 g/mol. The van der Waals surface area contributed by atoms with Gasteiger partial charge in [0.15, 0.2) is 0 Å². The Morgan fingerprint density at radius 3 is 2.79 bits per heavy atom. The maximum absolute atomic E-state index is 9.57. The van der Waals surface area contributed by atoms with Gasteiger partial charge in [-0.2, -0.15) is 10.4 Å². The van der Waals surface area contributed by atoms with Crippen LogP contribution in [-0.2, 0) is 0 Å². The lowest BCUT2D eigenvalue weighted by atomic mass is 9.97. The molecule has 7 nitrogen and oxygen atoms in total. The van der Waals surface area contributed by atoms with Gasteiger partial charge in [-0.05, 0) is 70.2 Å². The summed E-state index contributed by atoms with van der Waals surface area (Å²) < 4.78 is 7.46. The van der Waals surface area contributed by atoms with Crippen molar-refractivity contribution in [3.8, 4) is 22.9 Å². The summed E-state index contributed by atoms with van der Waals surface area (Å²) in [4.78, 5) is 9.94. The number of pyridine rings is 2. The highest BCUT2D eigenvalue weighted by Crippen LogP contribution is 2.33.